The van der Waals surface area contributed by atoms with E-state index < -0.39 is 0 Å². The van der Waals surface area contributed by atoms with Crippen LogP contribution in [0.1, 0.15) is 31.4 Å². The van der Waals surface area contributed by atoms with Crippen molar-refractivity contribution in [2.45, 2.75) is 39.5 Å². The predicted molar refractivity (Wildman–Crippen MR) is 100 cm³/mol. The molecule has 0 fully saturated rings. The first-order chi connectivity index (χ1) is 11.5. The summed E-state index contributed by atoms with van der Waals surface area (Å²) < 4.78 is 11.3. The summed E-state index contributed by atoms with van der Waals surface area (Å²) in [4.78, 5) is 0. The summed E-state index contributed by atoms with van der Waals surface area (Å²) >= 11 is 12.4. The van der Waals surface area contributed by atoms with Gasteiger partial charge in [0.05, 0.1) is 7.11 Å². The van der Waals surface area contributed by atoms with Gasteiger partial charge in [0.1, 0.15) is 6.61 Å². The number of hydrogen-bond acceptors (Lipinski definition) is 3. The van der Waals surface area contributed by atoms with Gasteiger partial charge < -0.3 is 14.8 Å². The van der Waals surface area contributed by atoms with E-state index in [0.717, 1.165) is 24.1 Å². The highest BCUT2D eigenvalue weighted by atomic mass is 35.5. The summed E-state index contributed by atoms with van der Waals surface area (Å²) in [6.07, 6.45) is 1.09. The molecule has 2 aromatic carbocycles. The third-order valence-electron chi connectivity index (χ3n) is 3.93. The first kappa shape index (κ1) is 18.9. The second kappa shape index (κ2) is 9.16. The lowest BCUT2D eigenvalue weighted by Crippen LogP contribution is -2.24. The van der Waals surface area contributed by atoms with Crippen LogP contribution in [-0.2, 0) is 13.2 Å². The molecule has 0 saturated carbocycles. The van der Waals surface area contributed by atoms with E-state index in [9.17, 15) is 0 Å². The maximum absolute atomic E-state index is 6.18. The molecular weight excluding hydrogens is 345 g/mol. The van der Waals surface area contributed by atoms with Crippen LogP contribution in [0.2, 0.25) is 10.0 Å². The molecule has 0 saturated heterocycles. The number of benzene rings is 2. The molecule has 0 aliphatic heterocycles. The second-order valence-electron chi connectivity index (χ2n) is 5.66. The Hall–Kier alpha value is -1.42. The average Bonchev–Trinajstić information content (AvgIpc) is 2.59. The first-order valence-electron chi connectivity index (χ1n) is 8.01. The van der Waals surface area contributed by atoms with Crippen LogP contribution in [0.25, 0.3) is 0 Å². The minimum absolute atomic E-state index is 0.291. The lowest BCUT2D eigenvalue weighted by Gasteiger charge is -2.15. The quantitative estimate of drug-likeness (QED) is 0.670. The highest BCUT2D eigenvalue weighted by molar-refractivity contribution is 6.35. The van der Waals surface area contributed by atoms with Gasteiger partial charge in [-0.3, -0.25) is 0 Å². The standard InChI is InChI=1S/C19H23Cl2NO2/c1-4-13(2)22-11-14-8-9-18(19(10-14)23-3)24-12-15-16(20)6-5-7-17(15)21/h5-10,13,22H,4,11-12H2,1-3H3/t13-/m1/s1. The topological polar surface area (TPSA) is 30.5 Å². The highest BCUT2D eigenvalue weighted by Crippen LogP contribution is 2.31. The van der Waals surface area contributed by atoms with E-state index in [-0.39, 0.29) is 0 Å². The maximum Gasteiger partial charge on any atom is 0.161 e. The normalized spacial score (nSPS) is 12.0. The summed E-state index contributed by atoms with van der Waals surface area (Å²) in [6, 6.07) is 11.8. The van der Waals surface area contributed by atoms with Crippen LogP contribution < -0.4 is 14.8 Å². The van der Waals surface area contributed by atoms with Gasteiger partial charge in [0, 0.05) is 28.2 Å². The van der Waals surface area contributed by atoms with Gasteiger partial charge in [-0.15, -0.1) is 0 Å². The number of ether oxygens (including phenoxy) is 2. The van der Waals surface area contributed by atoms with Crippen molar-refractivity contribution in [3.63, 3.8) is 0 Å². The van der Waals surface area contributed by atoms with Gasteiger partial charge in [-0.25, -0.2) is 0 Å². The van der Waals surface area contributed by atoms with Gasteiger partial charge in [-0.2, -0.15) is 0 Å². The summed E-state index contributed by atoms with van der Waals surface area (Å²) in [5.41, 5.74) is 1.92. The molecule has 0 spiro atoms. The number of methoxy groups -OCH3 is 1. The lowest BCUT2D eigenvalue weighted by molar-refractivity contribution is 0.284. The smallest absolute Gasteiger partial charge is 0.161 e. The molecule has 2 aromatic rings. The summed E-state index contributed by atoms with van der Waals surface area (Å²) in [5.74, 6) is 1.36. The Morgan fingerprint density at radius 2 is 1.79 bits per heavy atom. The third kappa shape index (κ3) is 5.04. The van der Waals surface area contributed by atoms with Crippen LogP contribution in [0, 0.1) is 0 Å². The molecule has 0 heterocycles. The zero-order valence-corrected chi connectivity index (χ0v) is 15.7. The van der Waals surface area contributed by atoms with Crippen molar-refractivity contribution in [3.8, 4) is 11.5 Å². The Morgan fingerprint density at radius 3 is 2.42 bits per heavy atom. The van der Waals surface area contributed by atoms with E-state index in [4.69, 9.17) is 32.7 Å². The second-order valence-corrected chi connectivity index (χ2v) is 6.48. The predicted octanol–water partition coefficient (Wildman–Crippen LogP) is 5.47. The van der Waals surface area contributed by atoms with Crippen molar-refractivity contribution in [2.24, 2.45) is 0 Å². The molecule has 24 heavy (non-hydrogen) atoms. The number of rotatable bonds is 8. The van der Waals surface area contributed by atoms with E-state index in [1.807, 2.05) is 24.3 Å². The van der Waals surface area contributed by atoms with E-state index in [0.29, 0.717) is 34.2 Å². The molecule has 3 nitrogen and oxygen atoms in total. The highest BCUT2D eigenvalue weighted by Gasteiger charge is 2.10. The van der Waals surface area contributed by atoms with Crippen LogP contribution in [-0.4, -0.2) is 13.2 Å². The van der Waals surface area contributed by atoms with Crippen molar-refractivity contribution < 1.29 is 9.47 Å². The van der Waals surface area contributed by atoms with Crippen LogP contribution in [0.15, 0.2) is 36.4 Å². The van der Waals surface area contributed by atoms with Crippen molar-refractivity contribution >= 4 is 23.2 Å². The van der Waals surface area contributed by atoms with Crippen LogP contribution in [0.3, 0.4) is 0 Å². The number of nitrogens with one attached hydrogen (secondary N) is 1. The molecule has 5 heteroatoms. The fourth-order valence-electron chi connectivity index (χ4n) is 2.20. The van der Waals surface area contributed by atoms with E-state index in [1.54, 1.807) is 19.2 Å². The molecule has 0 radical (unpaired) electrons. The Labute approximate surface area is 153 Å². The van der Waals surface area contributed by atoms with Gasteiger partial charge in [0.2, 0.25) is 0 Å². The summed E-state index contributed by atoms with van der Waals surface area (Å²) in [5, 5.41) is 4.65. The Balaban J connectivity index is 2.07. The molecule has 0 unspecified atom stereocenters. The van der Waals surface area contributed by atoms with Gasteiger partial charge in [-0.05, 0) is 43.2 Å². The molecule has 1 atom stereocenters. The van der Waals surface area contributed by atoms with Gasteiger partial charge >= 0.3 is 0 Å². The Morgan fingerprint density at radius 1 is 1.08 bits per heavy atom. The van der Waals surface area contributed by atoms with Gasteiger partial charge in [0.15, 0.2) is 11.5 Å². The first-order valence-corrected chi connectivity index (χ1v) is 8.76. The van der Waals surface area contributed by atoms with Crippen LogP contribution in [0.5, 0.6) is 11.5 Å². The third-order valence-corrected chi connectivity index (χ3v) is 4.64. The van der Waals surface area contributed by atoms with Gasteiger partial charge in [-0.1, -0.05) is 42.3 Å². The Kier molecular flexibility index (Phi) is 7.22. The number of halogens is 2. The molecule has 2 rings (SSSR count). The van der Waals surface area contributed by atoms with Crippen molar-refractivity contribution in [1.82, 2.24) is 5.32 Å². The van der Waals surface area contributed by atoms with Gasteiger partial charge in [0.25, 0.3) is 0 Å². The van der Waals surface area contributed by atoms with E-state index >= 15 is 0 Å². The molecule has 1 N–H and O–H groups in total. The van der Waals surface area contributed by atoms with Crippen LogP contribution >= 0.6 is 23.2 Å². The van der Waals surface area contributed by atoms with Crippen LogP contribution in [0.4, 0.5) is 0 Å². The monoisotopic (exact) mass is 367 g/mol. The minimum Gasteiger partial charge on any atom is -0.493 e. The van der Waals surface area contributed by atoms with E-state index in [1.165, 1.54) is 0 Å². The molecule has 0 bridgehead atoms. The minimum atomic E-state index is 0.291. The zero-order chi connectivity index (χ0) is 17.5. The largest absolute Gasteiger partial charge is 0.493 e. The maximum atomic E-state index is 6.18. The fraction of sp³-hybridized carbons (Fsp3) is 0.368. The van der Waals surface area contributed by atoms with E-state index in [2.05, 4.69) is 19.2 Å². The van der Waals surface area contributed by atoms with Crippen molar-refractivity contribution in [1.29, 1.82) is 0 Å². The molecule has 130 valence electrons. The molecule has 0 aliphatic rings. The zero-order valence-electron chi connectivity index (χ0n) is 14.2. The SMILES string of the molecule is CC[C@@H](C)NCc1ccc(OCc2c(Cl)cccc2Cl)c(OC)c1. The summed E-state index contributed by atoms with van der Waals surface area (Å²) in [6.45, 7) is 5.42. The fourth-order valence-corrected chi connectivity index (χ4v) is 2.70. The molecule has 0 aromatic heterocycles. The molecule has 0 aliphatic carbocycles. The van der Waals surface area contributed by atoms with Crippen molar-refractivity contribution in [3.05, 3.63) is 57.6 Å². The summed E-state index contributed by atoms with van der Waals surface area (Å²) in [7, 11) is 1.64. The number of hydrogen-bond donors (Lipinski definition) is 1. The average molecular weight is 368 g/mol. The molecular formula is C19H23Cl2NO2. The van der Waals surface area contributed by atoms with Crippen molar-refractivity contribution in [2.75, 3.05) is 7.11 Å². The Bertz CT molecular complexity index is 656. The lowest BCUT2D eigenvalue weighted by atomic mass is 10.1. The molecule has 0 amide bonds.